The smallest absolute Gasteiger partial charge is 0.200 e. The van der Waals surface area contributed by atoms with E-state index in [1.807, 2.05) is 60.7 Å². The van der Waals surface area contributed by atoms with Gasteiger partial charge in [-0.2, -0.15) is 0 Å². The average molecular weight is 601 g/mol. The van der Waals surface area contributed by atoms with Crippen LogP contribution in [0.1, 0.15) is 72.4 Å². The molecule has 0 amide bonds. The molecular formula is C35H56O6Si. The molecule has 0 aromatic heterocycles. The Morgan fingerprint density at radius 1 is 0.881 bits per heavy atom. The number of aliphatic hydroxyl groups excluding tert-OH is 1. The lowest BCUT2D eigenvalue weighted by Crippen LogP contribution is -2.51. The zero-order chi connectivity index (χ0) is 31.2. The second-order valence-electron chi connectivity index (χ2n) is 12.3. The Labute approximate surface area is 256 Å². The van der Waals surface area contributed by atoms with Crippen LogP contribution < -0.4 is 4.74 Å². The molecule has 0 spiro atoms. The van der Waals surface area contributed by atoms with Gasteiger partial charge in [0, 0.05) is 13.0 Å². The lowest BCUT2D eigenvalue weighted by molar-refractivity contribution is -0.192. The minimum Gasteiger partial charge on any atom is -0.497 e. The topological polar surface area (TPSA) is 66.4 Å². The Balaban J connectivity index is 2.26. The van der Waals surface area contributed by atoms with Gasteiger partial charge in [0.1, 0.15) is 11.9 Å². The van der Waals surface area contributed by atoms with Crippen molar-refractivity contribution in [3.8, 4) is 5.75 Å². The molecule has 3 atom stereocenters. The molecule has 236 valence electrons. The average Bonchev–Trinajstić information content (AvgIpc) is 2.97. The van der Waals surface area contributed by atoms with Gasteiger partial charge in [0.25, 0.3) is 0 Å². The fraction of sp³-hybridized carbons (Fsp3) is 0.600. The number of methoxy groups -OCH3 is 1. The van der Waals surface area contributed by atoms with E-state index in [1.54, 1.807) is 7.11 Å². The van der Waals surface area contributed by atoms with E-state index in [0.717, 1.165) is 16.9 Å². The van der Waals surface area contributed by atoms with E-state index >= 15 is 0 Å². The first kappa shape index (κ1) is 36.2. The molecule has 0 bridgehead atoms. The summed E-state index contributed by atoms with van der Waals surface area (Å²) in [6, 6.07) is 17.9. The van der Waals surface area contributed by atoms with E-state index in [-0.39, 0.29) is 19.3 Å². The van der Waals surface area contributed by atoms with Gasteiger partial charge in [-0.05, 0) is 53.2 Å². The van der Waals surface area contributed by atoms with Gasteiger partial charge >= 0.3 is 0 Å². The lowest BCUT2D eigenvalue weighted by atomic mass is 9.92. The summed E-state index contributed by atoms with van der Waals surface area (Å²) in [6.45, 7) is 21.4. The van der Waals surface area contributed by atoms with Crippen molar-refractivity contribution in [2.45, 2.75) is 109 Å². The van der Waals surface area contributed by atoms with Gasteiger partial charge in [0.15, 0.2) is 8.32 Å². The molecule has 0 saturated carbocycles. The summed E-state index contributed by atoms with van der Waals surface area (Å²) >= 11 is 0. The summed E-state index contributed by atoms with van der Waals surface area (Å²) in [5, 5.41) is 10.3. The van der Waals surface area contributed by atoms with Gasteiger partial charge in [-0.25, -0.2) is 0 Å². The van der Waals surface area contributed by atoms with Crippen LogP contribution in [0.4, 0.5) is 0 Å². The van der Waals surface area contributed by atoms with Crippen molar-refractivity contribution >= 4 is 8.32 Å². The highest BCUT2D eigenvalue weighted by Gasteiger charge is 2.46. The Morgan fingerprint density at radius 3 is 2.00 bits per heavy atom. The van der Waals surface area contributed by atoms with Crippen molar-refractivity contribution in [3.63, 3.8) is 0 Å². The van der Waals surface area contributed by atoms with Gasteiger partial charge in [0.05, 0.1) is 45.2 Å². The number of aliphatic hydroxyl groups is 1. The van der Waals surface area contributed by atoms with Crippen molar-refractivity contribution in [2.24, 2.45) is 0 Å². The van der Waals surface area contributed by atoms with Crippen molar-refractivity contribution in [3.05, 3.63) is 78.4 Å². The Hall–Kier alpha value is -2.00. The summed E-state index contributed by atoms with van der Waals surface area (Å²) in [5.74, 6) is 0.807. The molecule has 2 aromatic rings. The molecular weight excluding hydrogens is 544 g/mol. The number of hydrogen-bond acceptors (Lipinski definition) is 6. The molecule has 0 aliphatic rings. The zero-order valence-electron chi connectivity index (χ0n) is 27.3. The summed E-state index contributed by atoms with van der Waals surface area (Å²) in [4.78, 5) is 0. The highest BCUT2D eigenvalue weighted by molar-refractivity contribution is 6.77. The molecule has 0 aliphatic carbocycles. The van der Waals surface area contributed by atoms with Crippen LogP contribution in [0.15, 0.2) is 67.3 Å². The fourth-order valence-corrected chi connectivity index (χ4v) is 11.6. The van der Waals surface area contributed by atoms with Gasteiger partial charge in [-0.1, -0.05) is 90.1 Å². The zero-order valence-corrected chi connectivity index (χ0v) is 28.3. The third-order valence-electron chi connectivity index (χ3n) is 8.38. The van der Waals surface area contributed by atoms with Crippen LogP contribution in [0.5, 0.6) is 5.75 Å². The van der Waals surface area contributed by atoms with Gasteiger partial charge in [-0.3, -0.25) is 0 Å². The molecule has 42 heavy (non-hydrogen) atoms. The largest absolute Gasteiger partial charge is 0.497 e. The molecule has 0 aliphatic heterocycles. The van der Waals surface area contributed by atoms with Gasteiger partial charge < -0.3 is 28.5 Å². The Morgan fingerprint density at radius 2 is 1.48 bits per heavy atom. The standard InChI is InChI=1S/C35H56O6Si/c1-10-14-34(39-25-31-17-19-32(37-9)20-18-31)35(8,21-22-40-42(27(2)3,28(4)5)29(6)7)41-33(23-36)26-38-24-30-15-12-11-13-16-30/h10-13,15-20,27-29,33-34,36H,1,14,21-26H2,2-9H3/t33-,34+,35-/m0/s1. The van der Waals surface area contributed by atoms with Gasteiger partial charge in [-0.15, -0.1) is 6.58 Å². The molecule has 0 heterocycles. The van der Waals surface area contributed by atoms with E-state index < -0.39 is 20.0 Å². The molecule has 0 saturated heterocycles. The first-order chi connectivity index (χ1) is 20.0. The minimum atomic E-state index is -2.07. The molecule has 2 rings (SSSR count). The Bertz CT molecular complexity index is 988. The van der Waals surface area contributed by atoms with E-state index in [9.17, 15) is 5.11 Å². The molecule has 1 N–H and O–H groups in total. The van der Waals surface area contributed by atoms with Gasteiger partial charge in [0.2, 0.25) is 0 Å². The quantitative estimate of drug-likeness (QED) is 0.115. The predicted molar refractivity (Wildman–Crippen MR) is 174 cm³/mol. The van der Waals surface area contributed by atoms with Crippen molar-refractivity contribution in [1.29, 1.82) is 0 Å². The van der Waals surface area contributed by atoms with Crippen LogP contribution in [0.25, 0.3) is 0 Å². The van der Waals surface area contributed by atoms with Crippen LogP contribution in [-0.2, 0) is 31.9 Å². The predicted octanol–water partition coefficient (Wildman–Crippen LogP) is 8.09. The van der Waals surface area contributed by atoms with E-state index in [0.29, 0.717) is 49.3 Å². The minimum absolute atomic E-state index is 0.160. The highest BCUT2D eigenvalue weighted by Crippen LogP contribution is 2.43. The number of rotatable bonds is 21. The molecule has 0 unspecified atom stereocenters. The number of hydrogen-bond donors (Lipinski definition) is 1. The summed E-state index contributed by atoms with van der Waals surface area (Å²) in [7, 11) is -0.410. The van der Waals surface area contributed by atoms with Crippen molar-refractivity contribution < 1.29 is 28.5 Å². The van der Waals surface area contributed by atoms with E-state index in [2.05, 4.69) is 55.0 Å². The van der Waals surface area contributed by atoms with Crippen LogP contribution in [0, 0.1) is 0 Å². The molecule has 0 radical (unpaired) electrons. The normalized spacial score (nSPS) is 15.1. The Kier molecular flexibility index (Phi) is 15.5. The number of benzene rings is 2. The third-order valence-corrected chi connectivity index (χ3v) is 14.5. The molecule has 7 heteroatoms. The first-order valence-electron chi connectivity index (χ1n) is 15.4. The monoisotopic (exact) mass is 600 g/mol. The first-order valence-corrected chi connectivity index (χ1v) is 17.6. The van der Waals surface area contributed by atoms with Crippen LogP contribution in [-0.4, -0.2) is 58.2 Å². The lowest BCUT2D eigenvalue weighted by Gasteiger charge is -2.44. The van der Waals surface area contributed by atoms with Crippen LogP contribution in [0.3, 0.4) is 0 Å². The van der Waals surface area contributed by atoms with Crippen molar-refractivity contribution in [2.75, 3.05) is 26.9 Å². The maximum absolute atomic E-state index is 10.3. The molecule has 0 fully saturated rings. The fourth-order valence-electron chi connectivity index (χ4n) is 6.18. The van der Waals surface area contributed by atoms with Crippen LogP contribution >= 0.6 is 0 Å². The summed E-state index contributed by atoms with van der Waals surface area (Å²) in [6.07, 6.45) is 2.26. The van der Waals surface area contributed by atoms with Crippen LogP contribution in [0.2, 0.25) is 16.6 Å². The number of ether oxygens (including phenoxy) is 4. The molecule has 2 aromatic carbocycles. The maximum atomic E-state index is 10.3. The highest BCUT2D eigenvalue weighted by atomic mass is 28.4. The summed E-state index contributed by atoms with van der Waals surface area (Å²) < 4.78 is 31.5. The molecule has 6 nitrogen and oxygen atoms in total. The maximum Gasteiger partial charge on any atom is 0.200 e. The third kappa shape index (κ3) is 10.3. The van der Waals surface area contributed by atoms with E-state index in [4.69, 9.17) is 23.4 Å². The van der Waals surface area contributed by atoms with Crippen molar-refractivity contribution in [1.82, 2.24) is 0 Å². The second kappa shape index (κ2) is 18.0. The SMILES string of the molecule is C=CC[C@@H](OCc1ccc(OC)cc1)[C@](C)(CCO[Si](C(C)C)(C(C)C)C(C)C)O[C@@H](CO)COCc1ccccc1. The van der Waals surface area contributed by atoms with E-state index in [1.165, 1.54) is 0 Å². The second-order valence-corrected chi connectivity index (χ2v) is 17.8. The summed E-state index contributed by atoms with van der Waals surface area (Å²) in [5.41, 5.74) is 2.81.